The Bertz CT molecular complexity index is 297. The van der Waals surface area contributed by atoms with Gasteiger partial charge in [-0.1, -0.05) is 6.07 Å². The Labute approximate surface area is 94.6 Å². The smallest absolute Gasteiger partial charge is 0.136 e. The predicted octanol–water partition coefficient (Wildman–Crippen LogP) is 2.19. The number of aromatic nitrogens is 1. The summed E-state index contributed by atoms with van der Waals surface area (Å²) in [6.45, 7) is 7.80. The minimum absolute atomic E-state index is 0.00579. The van der Waals surface area contributed by atoms with E-state index in [0.29, 0.717) is 0 Å². The third-order valence-corrected chi connectivity index (χ3v) is 3.65. The fourth-order valence-corrected chi connectivity index (χ4v) is 1.83. The van der Waals surface area contributed by atoms with E-state index in [4.69, 9.17) is 0 Å². The van der Waals surface area contributed by atoms with Gasteiger partial charge in [0, 0.05) is 17.6 Å². The summed E-state index contributed by atoms with van der Waals surface area (Å²) in [6, 6.07) is 5.74. The van der Waals surface area contributed by atoms with Crippen LogP contribution in [0.3, 0.4) is 0 Å². The van der Waals surface area contributed by atoms with Crippen LogP contribution in [0.15, 0.2) is 24.4 Å². The highest BCUT2D eigenvalue weighted by atomic mass is 32.2. The third-order valence-electron chi connectivity index (χ3n) is 1.97. The molecule has 84 valence electrons. The van der Waals surface area contributed by atoms with Crippen LogP contribution in [0.1, 0.15) is 39.4 Å². The van der Waals surface area contributed by atoms with Gasteiger partial charge in [-0.2, -0.15) is 0 Å². The minimum Gasteiger partial charge on any atom is -0.598 e. The first-order valence-electron chi connectivity index (χ1n) is 5.00. The Morgan fingerprint density at radius 3 is 2.53 bits per heavy atom. The molecular weight excluding hydrogens is 208 g/mol. The quantitative estimate of drug-likeness (QED) is 0.804. The second-order valence-corrected chi connectivity index (χ2v) is 6.47. The molecule has 1 aromatic rings. The Morgan fingerprint density at radius 2 is 2.07 bits per heavy atom. The van der Waals surface area contributed by atoms with E-state index in [-0.39, 0.29) is 10.8 Å². The lowest BCUT2D eigenvalue weighted by Gasteiger charge is -2.26. The lowest BCUT2D eigenvalue weighted by Crippen LogP contribution is -2.40. The first-order chi connectivity index (χ1) is 6.91. The molecule has 0 spiro atoms. The molecule has 0 radical (unpaired) electrons. The van der Waals surface area contributed by atoms with Gasteiger partial charge in [0.2, 0.25) is 0 Å². The average Bonchev–Trinajstić information content (AvgIpc) is 2.17. The van der Waals surface area contributed by atoms with Crippen LogP contribution in [0, 0.1) is 0 Å². The Morgan fingerprint density at radius 1 is 1.40 bits per heavy atom. The van der Waals surface area contributed by atoms with Crippen molar-refractivity contribution < 1.29 is 4.55 Å². The van der Waals surface area contributed by atoms with Crippen LogP contribution >= 0.6 is 0 Å². The molecular formula is C11H18N2OS. The van der Waals surface area contributed by atoms with Gasteiger partial charge in [-0.15, -0.1) is 4.72 Å². The van der Waals surface area contributed by atoms with Gasteiger partial charge < -0.3 is 4.55 Å². The second kappa shape index (κ2) is 4.96. The topological polar surface area (TPSA) is 48.0 Å². The molecule has 1 aromatic heterocycles. The van der Waals surface area contributed by atoms with Crippen LogP contribution in [-0.2, 0) is 11.4 Å². The Balaban J connectivity index is 2.61. The number of hydrogen-bond acceptors (Lipinski definition) is 3. The Hall–Kier alpha value is -0.580. The van der Waals surface area contributed by atoms with Gasteiger partial charge in [-0.3, -0.25) is 4.98 Å². The highest BCUT2D eigenvalue weighted by molar-refractivity contribution is 7.90. The molecule has 3 nitrogen and oxygen atoms in total. The number of nitrogens with zero attached hydrogens (tertiary/aromatic N) is 1. The fraction of sp³-hybridized carbons (Fsp3) is 0.545. The zero-order valence-corrected chi connectivity index (χ0v) is 10.5. The lowest BCUT2D eigenvalue weighted by atomic mass is 10.2. The first kappa shape index (κ1) is 12.5. The van der Waals surface area contributed by atoms with Crippen LogP contribution in [-0.4, -0.2) is 14.3 Å². The number of nitrogens with one attached hydrogen (secondary N) is 1. The van der Waals surface area contributed by atoms with Crippen LogP contribution in [0.5, 0.6) is 0 Å². The van der Waals surface area contributed by atoms with Gasteiger partial charge in [0.15, 0.2) is 0 Å². The lowest BCUT2D eigenvalue weighted by molar-refractivity contribution is 0.529. The molecule has 1 N–H and O–H groups in total. The van der Waals surface area contributed by atoms with Crippen molar-refractivity contribution in [3.8, 4) is 0 Å². The van der Waals surface area contributed by atoms with Gasteiger partial charge in [0.1, 0.15) is 4.75 Å². The van der Waals surface area contributed by atoms with Crippen molar-refractivity contribution >= 4 is 11.4 Å². The van der Waals surface area contributed by atoms with E-state index in [1.165, 1.54) is 0 Å². The normalized spacial score (nSPS) is 16.1. The second-order valence-electron chi connectivity index (χ2n) is 4.48. The van der Waals surface area contributed by atoms with Crippen molar-refractivity contribution in [2.24, 2.45) is 0 Å². The van der Waals surface area contributed by atoms with Crippen LogP contribution in [0.2, 0.25) is 0 Å². The molecule has 1 heterocycles. The summed E-state index contributed by atoms with van der Waals surface area (Å²) >= 11 is -1.06. The van der Waals surface area contributed by atoms with Crippen molar-refractivity contribution in [3.63, 3.8) is 0 Å². The van der Waals surface area contributed by atoms with Gasteiger partial charge in [0.25, 0.3) is 0 Å². The average molecular weight is 226 g/mol. The van der Waals surface area contributed by atoms with E-state index < -0.39 is 11.4 Å². The molecule has 4 heteroatoms. The van der Waals surface area contributed by atoms with E-state index in [0.717, 1.165) is 5.69 Å². The minimum atomic E-state index is -1.06. The molecule has 0 amide bonds. The molecule has 0 fully saturated rings. The molecule has 0 bridgehead atoms. The van der Waals surface area contributed by atoms with Crippen LogP contribution in [0.4, 0.5) is 0 Å². The zero-order chi connectivity index (χ0) is 11.5. The van der Waals surface area contributed by atoms with Gasteiger partial charge in [0.05, 0.1) is 11.7 Å². The molecule has 15 heavy (non-hydrogen) atoms. The Kier molecular flexibility index (Phi) is 4.13. The van der Waals surface area contributed by atoms with Gasteiger partial charge in [-0.05, 0) is 39.8 Å². The molecule has 0 aliphatic heterocycles. The summed E-state index contributed by atoms with van der Waals surface area (Å²) in [5, 5.41) is 0. The third kappa shape index (κ3) is 3.81. The molecule has 0 aliphatic carbocycles. The molecule has 0 aromatic carbocycles. The van der Waals surface area contributed by atoms with Crippen molar-refractivity contribution in [3.05, 3.63) is 30.1 Å². The summed E-state index contributed by atoms with van der Waals surface area (Å²) in [6.07, 6.45) is 1.74. The molecule has 0 saturated heterocycles. The predicted molar refractivity (Wildman–Crippen MR) is 63.7 cm³/mol. The molecule has 2 atom stereocenters. The first-order valence-corrected chi connectivity index (χ1v) is 6.15. The summed E-state index contributed by atoms with van der Waals surface area (Å²) < 4.78 is 14.6. The van der Waals surface area contributed by atoms with E-state index in [1.807, 2.05) is 45.9 Å². The molecule has 1 unspecified atom stereocenters. The van der Waals surface area contributed by atoms with E-state index in [2.05, 4.69) is 9.71 Å². The fourth-order valence-electron chi connectivity index (χ4n) is 1.03. The molecule has 0 aliphatic rings. The SMILES string of the molecule is CC(N[S@@+]([O-])C(C)(C)C)c1ccccn1. The van der Waals surface area contributed by atoms with E-state index in [1.54, 1.807) is 6.20 Å². The molecule has 1 rings (SSSR count). The van der Waals surface area contributed by atoms with Crippen molar-refractivity contribution in [2.75, 3.05) is 0 Å². The monoisotopic (exact) mass is 226 g/mol. The van der Waals surface area contributed by atoms with Crippen molar-refractivity contribution in [2.45, 2.75) is 38.5 Å². The summed E-state index contributed by atoms with van der Waals surface area (Å²) in [5.41, 5.74) is 0.912. The summed E-state index contributed by atoms with van der Waals surface area (Å²) in [7, 11) is 0. The van der Waals surface area contributed by atoms with Crippen molar-refractivity contribution in [1.29, 1.82) is 0 Å². The van der Waals surface area contributed by atoms with E-state index >= 15 is 0 Å². The number of rotatable bonds is 3. The maximum absolute atomic E-state index is 11.8. The summed E-state index contributed by atoms with van der Waals surface area (Å²) in [5.74, 6) is 0. The molecule has 0 saturated carbocycles. The van der Waals surface area contributed by atoms with Crippen LogP contribution in [0.25, 0.3) is 0 Å². The number of hydrogen-bond donors (Lipinski definition) is 1. The van der Waals surface area contributed by atoms with Gasteiger partial charge >= 0.3 is 0 Å². The van der Waals surface area contributed by atoms with Gasteiger partial charge in [-0.25, -0.2) is 0 Å². The largest absolute Gasteiger partial charge is 0.598 e. The highest BCUT2D eigenvalue weighted by Gasteiger charge is 2.28. The number of pyridine rings is 1. The van der Waals surface area contributed by atoms with E-state index in [9.17, 15) is 4.55 Å². The zero-order valence-electron chi connectivity index (χ0n) is 9.65. The standard InChI is InChI=1S/C11H18N2OS/c1-9(10-7-5-6-8-12-10)13-15(14)11(2,3)4/h5-9,13H,1-4H3/t9?,15-/m0/s1. The maximum Gasteiger partial charge on any atom is 0.136 e. The maximum atomic E-state index is 11.8. The summed E-state index contributed by atoms with van der Waals surface area (Å²) in [4.78, 5) is 4.22. The van der Waals surface area contributed by atoms with Crippen LogP contribution < -0.4 is 4.72 Å². The highest BCUT2D eigenvalue weighted by Crippen LogP contribution is 2.17. The van der Waals surface area contributed by atoms with Crippen molar-refractivity contribution in [1.82, 2.24) is 9.71 Å².